The van der Waals surface area contributed by atoms with Crippen molar-refractivity contribution in [2.45, 2.75) is 44.3 Å². The maximum Gasteiger partial charge on any atom is 0.220 e. The maximum atomic E-state index is 13.3. The van der Waals surface area contributed by atoms with Gasteiger partial charge in [0.15, 0.2) is 5.16 Å². The van der Waals surface area contributed by atoms with Gasteiger partial charge >= 0.3 is 0 Å². The molecule has 1 aromatic heterocycles. The first-order chi connectivity index (χ1) is 15.4. The Morgan fingerprint density at radius 2 is 1.69 bits per heavy atom. The van der Waals surface area contributed by atoms with Gasteiger partial charge in [-0.25, -0.2) is 14.4 Å². The van der Waals surface area contributed by atoms with E-state index >= 15 is 0 Å². The number of thioether (sulfide) groups is 1. The lowest BCUT2D eigenvalue weighted by Crippen LogP contribution is -2.30. The average Bonchev–Trinajstić information content (AvgIpc) is 2.79. The van der Waals surface area contributed by atoms with Crippen LogP contribution >= 0.6 is 11.8 Å². The zero-order valence-corrected chi connectivity index (χ0v) is 19.6. The number of nitrogens with zero attached hydrogens (tertiary/aromatic N) is 2. The fourth-order valence-electron chi connectivity index (χ4n) is 3.61. The molecule has 1 unspecified atom stereocenters. The Kier molecular flexibility index (Phi) is 8.22. The molecule has 3 rings (SSSR count). The average molecular weight is 454 g/mol. The molecule has 3 aromatic rings. The summed E-state index contributed by atoms with van der Waals surface area (Å²) in [5, 5.41) is 3.89. The number of hydrogen-bond donors (Lipinski definition) is 1. The van der Waals surface area contributed by atoms with Gasteiger partial charge < -0.3 is 10.1 Å². The van der Waals surface area contributed by atoms with E-state index in [1.807, 2.05) is 44.4 Å². The third-order valence-corrected chi connectivity index (χ3v) is 5.94. The Bertz CT molecular complexity index is 1030. The van der Waals surface area contributed by atoms with Gasteiger partial charge in [0, 0.05) is 17.8 Å². The minimum absolute atomic E-state index is 0.0549. The standard InChI is InChI=1S/C25H28FN3O2S/c1-16-22(17(2)28-25(27-16)32-4)13-14-24(30)29-23(15-18-5-9-20(26)10-6-18)19-7-11-21(31-3)12-8-19/h5-12,23H,13-15H2,1-4H3,(H,29,30). The van der Waals surface area contributed by atoms with Crippen molar-refractivity contribution in [2.75, 3.05) is 13.4 Å². The number of amides is 1. The molecule has 1 heterocycles. The molecule has 5 nitrogen and oxygen atoms in total. The van der Waals surface area contributed by atoms with E-state index in [9.17, 15) is 9.18 Å². The van der Waals surface area contributed by atoms with Crippen LogP contribution in [-0.2, 0) is 17.6 Å². The quantitative estimate of drug-likeness (QED) is 0.365. The summed E-state index contributed by atoms with van der Waals surface area (Å²) in [6, 6.07) is 13.7. The largest absolute Gasteiger partial charge is 0.497 e. The van der Waals surface area contributed by atoms with E-state index in [0.29, 0.717) is 19.3 Å². The molecule has 0 fully saturated rings. The minimum Gasteiger partial charge on any atom is -0.497 e. The number of carbonyl (C=O) groups is 1. The summed E-state index contributed by atoms with van der Waals surface area (Å²) in [7, 11) is 1.62. The van der Waals surface area contributed by atoms with Crippen LogP contribution in [0.4, 0.5) is 4.39 Å². The zero-order valence-electron chi connectivity index (χ0n) is 18.8. The Hall–Kier alpha value is -2.93. The van der Waals surface area contributed by atoms with Crippen LogP contribution in [0.3, 0.4) is 0 Å². The molecule has 0 aliphatic carbocycles. The van der Waals surface area contributed by atoms with E-state index in [1.54, 1.807) is 19.2 Å². The molecule has 1 atom stereocenters. The van der Waals surface area contributed by atoms with Gasteiger partial charge in [0.05, 0.1) is 13.2 Å². The lowest BCUT2D eigenvalue weighted by molar-refractivity contribution is -0.121. The van der Waals surface area contributed by atoms with Crippen molar-refractivity contribution in [1.29, 1.82) is 0 Å². The van der Waals surface area contributed by atoms with Crippen molar-refractivity contribution < 1.29 is 13.9 Å². The second-order valence-corrected chi connectivity index (χ2v) is 8.36. The van der Waals surface area contributed by atoms with Crippen LogP contribution < -0.4 is 10.1 Å². The van der Waals surface area contributed by atoms with E-state index in [1.165, 1.54) is 23.9 Å². The van der Waals surface area contributed by atoms with E-state index in [0.717, 1.165) is 39.0 Å². The number of nitrogens with one attached hydrogen (secondary N) is 1. The lowest BCUT2D eigenvalue weighted by Gasteiger charge is -2.20. The molecule has 1 N–H and O–H groups in total. The molecular weight excluding hydrogens is 425 g/mol. The smallest absolute Gasteiger partial charge is 0.220 e. The number of hydrogen-bond acceptors (Lipinski definition) is 5. The molecule has 0 saturated heterocycles. The fourth-order valence-corrected chi connectivity index (χ4v) is 4.07. The topological polar surface area (TPSA) is 64.1 Å². The maximum absolute atomic E-state index is 13.3. The predicted octanol–water partition coefficient (Wildman–Crippen LogP) is 5.00. The minimum atomic E-state index is -0.278. The van der Waals surface area contributed by atoms with Crippen molar-refractivity contribution in [3.63, 3.8) is 0 Å². The lowest BCUT2D eigenvalue weighted by atomic mass is 9.98. The Labute approximate surface area is 192 Å². The van der Waals surface area contributed by atoms with Gasteiger partial charge in [-0.1, -0.05) is 36.0 Å². The first kappa shape index (κ1) is 23.7. The molecule has 0 aliphatic rings. The van der Waals surface area contributed by atoms with E-state index in [2.05, 4.69) is 15.3 Å². The van der Waals surface area contributed by atoms with Gasteiger partial charge in [0.1, 0.15) is 11.6 Å². The van der Waals surface area contributed by atoms with Crippen LogP contribution in [0.25, 0.3) is 0 Å². The molecule has 32 heavy (non-hydrogen) atoms. The van der Waals surface area contributed by atoms with Crippen molar-refractivity contribution >= 4 is 17.7 Å². The van der Waals surface area contributed by atoms with Gasteiger partial charge in [-0.2, -0.15) is 0 Å². The number of halogens is 1. The molecule has 7 heteroatoms. The molecule has 0 aliphatic heterocycles. The Morgan fingerprint density at radius 3 is 2.25 bits per heavy atom. The van der Waals surface area contributed by atoms with Gasteiger partial charge in [-0.3, -0.25) is 4.79 Å². The van der Waals surface area contributed by atoms with Crippen molar-refractivity contribution in [3.05, 3.63) is 82.4 Å². The Morgan fingerprint density at radius 1 is 1.06 bits per heavy atom. The molecule has 168 valence electrons. The summed E-state index contributed by atoms with van der Waals surface area (Å²) in [5.41, 5.74) is 4.74. The van der Waals surface area contributed by atoms with Gasteiger partial charge in [0.2, 0.25) is 5.91 Å². The summed E-state index contributed by atoms with van der Waals surface area (Å²) < 4.78 is 18.6. The normalized spacial score (nSPS) is 11.8. The fraction of sp³-hybridized carbons (Fsp3) is 0.320. The van der Waals surface area contributed by atoms with Crippen LogP contribution in [0, 0.1) is 19.7 Å². The summed E-state index contributed by atoms with van der Waals surface area (Å²) >= 11 is 1.51. The molecular formula is C25H28FN3O2S. The highest BCUT2D eigenvalue weighted by Gasteiger charge is 2.17. The van der Waals surface area contributed by atoms with Crippen LogP contribution in [0.2, 0.25) is 0 Å². The second kappa shape index (κ2) is 11.1. The van der Waals surface area contributed by atoms with E-state index in [4.69, 9.17) is 4.74 Å². The third-order valence-electron chi connectivity index (χ3n) is 5.39. The van der Waals surface area contributed by atoms with Gasteiger partial charge in [-0.15, -0.1) is 0 Å². The second-order valence-electron chi connectivity index (χ2n) is 7.58. The number of carbonyl (C=O) groups excluding carboxylic acids is 1. The summed E-state index contributed by atoms with van der Waals surface area (Å²) in [5.74, 6) is 0.417. The molecule has 0 bridgehead atoms. The number of methoxy groups -OCH3 is 1. The highest BCUT2D eigenvalue weighted by Crippen LogP contribution is 2.23. The molecule has 2 aromatic carbocycles. The number of rotatable bonds is 9. The van der Waals surface area contributed by atoms with Crippen molar-refractivity contribution in [2.24, 2.45) is 0 Å². The SMILES string of the molecule is COc1ccc(C(Cc2ccc(F)cc2)NC(=O)CCc2c(C)nc(SC)nc2C)cc1. The number of ether oxygens (including phenoxy) is 1. The Balaban J connectivity index is 1.73. The summed E-state index contributed by atoms with van der Waals surface area (Å²) in [6.07, 6.45) is 3.41. The van der Waals surface area contributed by atoms with Crippen LogP contribution in [0.15, 0.2) is 53.7 Å². The van der Waals surface area contributed by atoms with Crippen LogP contribution in [0.1, 0.15) is 40.5 Å². The summed E-state index contributed by atoms with van der Waals surface area (Å²) in [6.45, 7) is 3.91. The monoisotopic (exact) mass is 453 g/mol. The molecule has 0 spiro atoms. The first-order valence-corrected chi connectivity index (χ1v) is 11.7. The number of benzene rings is 2. The van der Waals surface area contributed by atoms with Crippen LogP contribution in [-0.4, -0.2) is 29.2 Å². The zero-order chi connectivity index (χ0) is 23.1. The van der Waals surface area contributed by atoms with Crippen molar-refractivity contribution in [3.8, 4) is 5.75 Å². The first-order valence-electron chi connectivity index (χ1n) is 10.5. The van der Waals surface area contributed by atoms with Gasteiger partial charge in [0.25, 0.3) is 0 Å². The van der Waals surface area contributed by atoms with Crippen LogP contribution in [0.5, 0.6) is 5.75 Å². The number of aromatic nitrogens is 2. The predicted molar refractivity (Wildman–Crippen MR) is 126 cm³/mol. The van der Waals surface area contributed by atoms with E-state index in [-0.39, 0.29) is 17.8 Å². The van der Waals surface area contributed by atoms with Crippen molar-refractivity contribution in [1.82, 2.24) is 15.3 Å². The molecule has 0 saturated carbocycles. The third kappa shape index (κ3) is 6.29. The molecule has 1 amide bonds. The van der Waals surface area contributed by atoms with E-state index < -0.39 is 0 Å². The highest BCUT2D eigenvalue weighted by atomic mass is 32.2. The van der Waals surface area contributed by atoms with Gasteiger partial charge in [-0.05, 0) is 73.9 Å². The highest BCUT2D eigenvalue weighted by molar-refractivity contribution is 7.98. The number of aryl methyl sites for hydroxylation is 2. The molecule has 0 radical (unpaired) electrons. The summed E-state index contributed by atoms with van der Waals surface area (Å²) in [4.78, 5) is 21.9.